The highest BCUT2D eigenvalue weighted by atomic mass is 19.1. The van der Waals surface area contributed by atoms with Crippen molar-refractivity contribution in [1.29, 1.82) is 0 Å². The maximum atomic E-state index is 13.6. The predicted octanol–water partition coefficient (Wildman–Crippen LogP) is 4.00. The zero-order valence-electron chi connectivity index (χ0n) is 15.8. The molecular formula is C22H21FN4O. The van der Waals surface area contributed by atoms with Gasteiger partial charge in [-0.1, -0.05) is 18.2 Å². The van der Waals surface area contributed by atoms with Crippen LogP contribution < -0.4 is 0 Å². The molecule has 2 aromatic heterocycles. The minimum Gasteiger partial charge on any atom is -0.358 e. The van der Waals surface area contributed by atoms with E-state index in [-0.39, 0.29) is 18.1 Å². The number of fused-ring (bicyclic) bond motifs is 1. The number of aromatic amines is 1. The Labute approximate surface area is 162 Å². The third kappa shape index (κ3) is 3.53. The number of aromatic nitrogens is 3. The van der Waals surface area contributed by atoms with Gasteiger partial charge in [-0.3, -0.25) is 4.79 Å². The number of aryl methyl sites for hydroxylation is 1. The number of benzene rings is 2. The number of amides is 1. The minimum absolute atomic E-state index is 0.0271. The first kappa shape index (κ1) is 18.0. The molecule has 28 heavy (non-hydrogen) atoms. The number of carbonyl (C=O) groups is 1. The van der Waals surface area contributed by atoms with Gasteiger partial charge >= 0.3 is 0 Å². The second-order valence-electron chi connectivity index (χ2n) is 6.97. The van der Waals surface area contributed by atoms with Crippen molar-refractivity contribution in [2.75, 3.05) is 7.05 Å². The first-order valence-corrected chi connectivity index (χ1v) is 9.11. The van der Waals surface area contributed by atoms with Crippen LogP contribution in [0.1, 0.15) is 16.8 Å². The van der Waals surface area contributed by atoms with Gasteiger partial charge in [-0.15, -0.1) is 0 Å². The SMILES string of the molecule is Cc1[nH]c2ccc(F)cc2c1CC(=O)N(C)Cc1cnn(-c2ccccc2)c1. The number of nitrogens with one attached hydrogen (secondary N) is 1. The Morgan fingerprint density at radius 3 is 2.79 bits per heavy atom. The Balaban J connectivity index is 1.48. The summed E-state index contributed by atoms with van der Waals surface area (Å²) in [6, 6.07) is 14.4. The summed E-state index contributed by atoms with van der Waals surface area (Å²) in [4.78, 5) is 17.7. The monoisotopic (exact) mass is 376 g/mol. The van der Waals surface area contributed by atoms with Gasteiger partial charge in [0.1, 0.15) is 5.82 Å². The Hall–Kier alpha value is -3.41. The Kier molecular flexibility index (Phi) is 4.69. The number of likely N-dealkylation sites (N-methyl/N-ethyl adjacent to an activating group) is 1. The fourth-order valence-corrected chi connectivity index (χ4v) is 3.39. The van der Waals surface area contributed by atoms with E-state index >= 15 is 0 Å². The number of halogens is 1. The molecule has 0 aliphatic heterocycles. The molecule has 0 fully saturated rings. The molecule has 6 heteroatoms. The van der Waals surface area contributed by atoms with E-state index in [0.29, 0.717) is 6.54 Å². The molecule has 0 unspecified atom stereocenters. The number of hydrogen-bond acceptors (Lipinski definition) is 2. The van der Waals surface area contributed by atoms with Crippen LogP contribution in [0.5, 0.6) is 0 Å². The zero-order chi connectivity index (χ0) is 19.7. The Morgan fingerprint density at radius 2 is 2.00 bits per heavy atom. The van der Waals surface area contributed by atoms with Crippen molar-refractivity contribution < 1.29 is 9.18 Å². The lowest BCUT2D eigenvalue weighted by Crippen LogP contribution is -2.27. The average Bonchev–Trinajstić information content (AvgIpc) is 3.27. The first-order chi connectivity index (χ1) is 13.5. The molecule has 1 N–H and O–H groups in total. The highest BCUT2D eigenvalue weighted by Gasteiger charge is 2.17. The van der Waals surface area contributed by atoms with E-state index < -0.39 is 0 Å². The van der Waals surface area contributed by atoms with E-state index in [4.69, 9.17) is 0 Å². The summed E-state index contributed by atoms with van der Waals surface area (Å²) in [5.74, 6) is -0.331. The molecule has 0 bridgehead atoms. The highest BCUT2D eigenvalue weighted by Crippen LogP contribution is 2.24. The van der Waals surface area contributed by atoms with E-state index in [1.165, 1.54) is 12.1 Å². The van der Waals surface area contributed by atoms with Crippen molar-refractivity contribution in [1.82, 2.24) is 19.7 Å². The van der Waals surface area contributed by atoms with Crippen LogP contribution in [0, 0.1) is 12.7 Å². The lowest BCUT2D eigenvalue weighted by Gasteiger charge is -2.16. The molecule has 2 aromatic carbocycles. The third-order valence-corrected chi connectivity index (χ3v) is 4.91. The number of H-pyrrole nitrogens is 1. The van der Waals surface area contributed by atoms with Crippen LogP contribution in [0.25, 0.3) is 16.6 Å². The topological polar surface area (TPSA) is 53.9 Å². The van der Waals surface area contributed by atoms with Crippen LogP contribution >= 0.6 is 0 Å². The third-order valence-electron chi connectivity index (χ3n) is 4.91. The largest absolute Gasteiger partial charge is 0.358 e. The number of hydrogen-bond donors (Lipinski definition) is 1. The van der Waals surface area contributed by atoms with Crippen molar-refractivity contribution in [3.05, 3.63) is 83.6 Å². The van der Waals surface area contributed by atoms with Crippen molar-refractivity contribution in [3.8, 4) is 5.69 Å². The first-order valence-electron chi connectivity index (χ1n) is 9.11. The highest BCUT2D eigenvalue weighted by molar-refractivity contribution is 5.90. The maximum Gasteiger partial charge on any atom is 0.227 e. The number of carbonyl (C=O) groups excluding carboxylic acids is 1. The summed E-state index contributed by atoms with van der Waals surface area (Å²) in [5.41, 5.74) is 4.49. The fraction of sp³-hybridized carbons (Fsp3) is 0.182. The molecule has 1 amide bonds. The molecule has 0 aliphatic carbocycles. The predicted molar refractivity (Wildman–Crippen MR) is 107 cm³/mol. The van der Waals surface area contributed by atoms with Crippen LogP contribution in [-0.4, -0.2) is 32.6 Å². The van der Waals surface area contributed by atoms with Crippen LogP contribution in [0.4, 0.5) is 4.39 Å². The molecule has 5 nitrogen and oxygen atoms in total. The summed E-state index contributed by atoms with van der Waals surface area (Å²) in [6.45, 7) is 2.37. The van der Waals surface area contributed by atoms with Gasteiger partial charge in [0.05, 0.1) is 18.3 Å². The van der Waals surface area contributed by atoms with Gasteiger partial charge in [-0.2, -0.15) is 5.10 Å². The van der Waals surface area contributed by atoms with E-state index in [0.717, 1.165) is 33.4 Å². The molecule has 0 saturated carbocycles. The summed E-state index contributed by atoms with van der Waals surface area (Å²) in [6.07, 6.45) is 3.91. The van der Waals surface area contributed by atoms with Crippen LogP contribution in [0.3, 0.4) is 0 Å². The standard InChI is InChI=1S/C22H21FN4O/c1-15-19(20-10-17(23)8-9-21(20)25-15)11-22(28)26(2)13-16-12-24-27(14-16)18-6-4-3-5-7-18/h3-10,12,14,25H,11,13H2,1-2H3. The second kappa shape index (κ2) is 7.31. The molecule has 0 aliphatic rings. The maximum absolute atomic E-state index is 13.6. The molecular weight excluding hydrogens is 355 g/mol. The lowest BCUT2D eigenvalue weighted by molar-refractivity contribution is -0.129. The van der Waals surface area contributed by atoms with Crippen molar-refractivity contribution in [2.45, 2.75) is 19.9 Å². The molecule has 0 spiro atoms. The molecule has 142 valence electrons. The fourth-order valence-electron chi connectivity index (χ4n) is 3.39. The average molecular weight is 376 g/mol. The normalized spacial score (nSPS) is 11.1. The van der Waals surface area contributed by atoms with Crippen molar-refractivity contribution in [3.63, 3.8) is 0 Å². The molecule has 2 heterocycles. The summed E-state index contributed by atoms with van der Waals surface area (Å²) >= 11 is 0. The second-order valence-corrected chi connectivity index (χ2v) is 6.97. The molecule has 4 rings (SSSR count). The number of para-hydroxylation sites is 1. The van der Waals surface area contributed by atoms with Gasteiger partial charge in [0.2, 0.25) is 5.91 Å². The van der Waals surface area contributed by atoms with Gasteiger partial charge in [0, 0.05) is 41.9 Å². The Morgan fingerprint density at radius 1 is 1.21 bits per heavy atom. The molecule has 0 atom stereocenters. The van der Waals surface area contributed by atoms with Crippen LogP contribution in [0.2, 0.25) is 0 Å². The zero-order valence-corrected chi connectivity index (χ0v) is 15.8. The van der Waals surface area contributed by atoms with Gasteiger partial charge in [-0.25, -0.2) is 9.07 Å². The van der Waals surface area contributed by atoms with Gasteiger partial charge in [-0.05, 0) is 42.8 Å². The van der Waals surface area contributed by atoms with Crippen LogP contribution in [-0.2, 0) is 17.8 Å². The van der Waals surface area contributed by atoms with Gasteiger partial charge < -0.3 is 9.88 Å². The molecule has 4 aromatic rings. The molecule has 0 radical (unpaired) electrons. The minimum atomic E-state index is -0.304. The molecule has 0 saturated heterocycles. The van der Waals surface area contributed by atoms with E-state index in [2.05, 4.69) is 10.1 Å². The number of rotatable bonds is 5. The van der Waals surface area contributed by atoms with E-state index in [9.17, 15) is 9.18 Å². The van der Waals surface area contributed by atoms with Gasteiger partial charge in [0.25, 0.3) is 0 Å². The smallest absolute Gasteiger partial charge is 0.227 e. The van der Waals surface area contributed by atoms with Crippen molar-refractivity contribution in [2.24, 2.45) is 0 Å². The van der Waals surface area contributed by atoms with Gasteiger partial charge in [0.15, 0.2) is 0 Å². The van der Waals surface area contributed by atoms with Crippen molar-refractivity contribution >= 4 is 16.8 Å². The lowest BCUT2D eigenvalue weighted by atomic mass is 10.1. The van der Waals surface area contributed by atoms with E-state index in [1.807, 2.05) is 43.5 Å². The number of nitrogens with zero attached hydrogens (tertiary/aromatic N) is 3. The van der Waals surface area contributed by atoms with Crippen LogP contribution in [0.15, 0.2) is 60.9 Å². The summed E-state index contributed by atoms with van der Waals surface area (Å²) in [7, 11) is 1.77. The summed E-state index contributed by atoms with van der Waals surface area (Å²) in [5, 5.41) is 5.13. The Bertz CT molecular complexity index is 1130. The quantitative estimate of drug-likeness (QED) is 0.572. The summed E-state index contributed by atoms with van der Waals surface area (Å²) < 4.78 is 15.4. The van der Waals surface area contributed by atoms with E-state index in [1.54, 1.807) is 28.9 Å².